The van der Waals surface area contributed by atoms with Crippen molar-refractivity contribution >= 4 is 14.5 Å². The molecule has 0 spiro atoms. The molecule has 0 atom stereocenters. The molecule has 72 valence electrons. The maximum absolute atomic E-state index is 10.6. The summed E-state index contributed by atoms with van der Waals surface area (Å²) in [6, 6.07) is 0. The van der Waals surface area contributed by atoms with Crippen LogP contribution in [0.1, 0.15) is 25.7 Å². The molecule has 1 aliphatic rings. The Morgan fingerprint density at radius 1 is 1.17 bits per heavy atom. The van der Waals surface area contributed by atoms with Crippen LogP contribution < -0.4 is 5.32 Å². The topological polar surface area (TPSA) is 89.8 Å². The lowest BCUT2D eigenvalue weighted by molar-refractivity contribution is -0.120. The molecular weight excluding hydrogens is 181 g/mol. The van der Waals surface area contributed by atoms with Gasteiger partial charge in [-0.1, -0.05) is 6.42 Å². The fraction of sp³-hybridized carbons (Fsp3) is 0.833. The van der Waals surface area contributed by atoms with Gasteiger partial charge in [-0.2, -0.15) is 0 Å². The van der Waals surface area contributed by atoms with Crippen LogP contribution in [0.3, 0.4) is 0 Å². The fourth-order valence-corrected chi connectivity index (χ4v) is 0.904. The molecule has 0 bridgehead atoms. The molecule has 0 unspecified atom stereocenters. The molecule has 1 rings (SSSR count). The first-order chi connectivity index (χ1) is 5.63. The van der Waals surface area contributed by atoms with E-state index in [2.05, 4.69) is 5.32 Å². The van der Waals surface area contributed by atoms with E-state index in [-0.39, 0.29) is 5.91 Å². The molecule has 1 heterocycles. The van der Waals surface area contributed by atoms with Gasteiger partial charge in [-0.3, -0.25) is 4.79 Å². The van der Waals surface area contributed by atoms with Gasteiger partial charge in [-0.25, -0.2) is 0 Å². The van der Waals surface area contributed by atoms with E-state index in [1.165, 1.54) is 6.42 Å². The van der Waals surface area contributed by atoms with E-state index in [4.69, 9.17) is 14.7 Å². The predicted octanol–water partition coefficient (Wildman–Crippen LogP) is -0.133. The number of amides is 1. The lowest BCUT2D eigenvalue weighted by atomic mass is 10.2. The maximum atomic E-state index is 10.6. The van der Waals surface area contributed by atoms with Crippen molar-refractivity contribution in [2.45, 2.75) is 25.7 Å². The van der Waals surface area contributed by atoms with Crippen molar-refractivity contribution < 1.29 is 19.5 Å². The van der Waals surface area contributed by atoms with Gasteiger partial charge in [0.15, 0.2) is 0 Å². The quantitative estimate of drug-likeness (QED) is 0.405. The zero-order chi connectivity index (χ0) is 9.40. The van der Waals surface area contributed by atoms with E-state index >= 15 is 0 Å². The highest BCUT2D eigenvalue weighted by Gasteiger charge is 2.03. The molecule has 1 fully saturated rings. The molecule has 0 aromatic rings. The van der Waals surface area contributed by atoms with Gasteiger partial charge in [0.05, 0.1) is 0 Å². The third-order valence-corrected chi connectivity index (χ3v) is 1.40. The second-order valence-electron chi connectivity index (χ2n) is 2.43. The third-order valence-electron chi connectivity index (χ3n) is 1.40. The van der Waals surface area contributed by atoms with E-state index in [1.54, 1.807) is 0 Å². The highest BCUT2D eigenvalue weighted by Crippen LogP contribution is 2.11. The van der Waals surface area contributed by atoms with E-state index in [0.29, 0.717) is 0 Å². The van der Waals surface area contributed by atoms with Crippen LogP contribution in [-0.4, -0.2) is 27.1 Å². The molecule has 4 N–H and O–H groups in total. The molecule has 0 aliphatic carbocycles. The fourth-order valence-electron chi connectivity index (χ4n) is 0.904. The first kappa shape index (κ1) is 11.8. The average Bonchev–Trinajstić information content (AvgIpc) is 2.14. The van der Waals surface area contributed by atoms with Gasteiger partial charge < -0.3 is 20.0 Å². The summed E-state index contributed by atoms with van der Waals surface area (Å²) in [7, 11) is -2.62. The summed E-state index contributed by atoms with van der Waals surface area (Å²) in [4.78, 5) is 32.3. The molecule has 5 nitrogen and oxygen atoms in total. The van der Waals surface area contributed by atoms with Crippen LogP contribution in [0, 0.1) is 0 Å². The summed E-state index contributed by atoms with van der Waals surface area (Å²) >= 11 is 0. The van der Waals surface area contributed by atoms with Gasteiger partial charge >= 0.3 is 8.60 Å². The number of hydrogen-bond acceptors (Lipinski definition) is 4. The van der Waals surface area contributed by atoms with Crippen LogP contribution in [0.5, 0.6) is 0 Å². The Kier molecular flexibility index (Phi) is 7.29. The number of hydrogen-bond donors (Lipinski definition) is 4. The van der Waals surface area contributed by atoms with E-state index in [0.717, 1.165) is 25.8 Å². The van der Waals surface area contributed by atoms with E-state index < -0.39 is 8.60 Å². The molecule has 1 amide bonds. The number of carbonyl (C=O) groups excluding carboxylic acids is 1. The van der Waals surface area contributed by atoms with E-state index in [9.17, 15) is 4.79 Å². The van der Waals surface area contributed by atoms with Crippen molar-refractivity contribution in [1.29, 1.82) is 0 Å². The summed E-state index contributed by atoms with van der Waals surface area (Å²) in [5.41, 5.74) is 0. The first-order valence-corrected chi connectivity index (χ1v) is 4.96. The lowest BCUT2D eigenvalue weighted by Crippen LogP contribution is -2.21. The number of carbonyl (C=O) groups is 1. The summed E-state index contributed by atoms with van der Waals surface area (Å²) in [6.07, 6.45) is 4.18. The molecule has 0 aromatic heterocycles. The lowest BCUT2D eigenvalue weighted by Gasteiger charge is -1.93. The average molecular weight is 195 g/mol. The highest BCUT2D eigenvalue weighted by molar-refractivity contribution is 7.38. The van der Waals surface area contributed by atoms with Gasteiger partial charge in [0.25, 0.3) is 0 Å². The minimum Gasteiger partial charge on any atom is -0.356 e. The molecule has 6 heteroatoms. The SMILES string of the molecule is O=C1CCCCCN1.OP(O)O. The first-order valence-electron chi connectivity index (χ1n) is 3.76. The number of rotatable bonds is 0. The van der Waals surface area contributed by atoms with Gasteiger partial charge in [0, 0.05) is 13.0 Å². The van der Waals surface area contributed by atoms with Crippen LogP contribution in [0.2, 0.25) is 0 Å². The molecule has 0 radical (unpaired) electrons. The Balaban J connectivity index is 0.000000261. The summed E-state index contributed by atoms with van der Waals surface area (Å²) in [5.74, 6) is 0.225. The van der Waals surface area contributed by atoms with Crippen molar-refractivity contribution in [3.05, 3.63) is 0 Å². The monoisotopic (exact) mass is 195 g/mol. The van der Waals surface area contributed by atoms with Crippen LogP contribution >= 0.6 is 8.60 Å². The van der Waals surface area contributed by atoms with Crippen LogP contribution in [0.25, 0.3) is 0 Å². The normalized spacial score (nSPS) is 17.5. The van der Waals surface area contributed by atoms with Gasteiger partial charge in [0.1, 0.15) is 0 Å². The van der Waals surface area contributed by atoms with E-state index in [1.807, 2.05) is 0 Å². The van der Waals surface area contributed by atoms with Crippen molar-refractivity contribution in [3.63, 3.8) is 0 Å². The molecule has 12 heavy (non-hydrogen) atoms. The Labute approximate surface area is 72.4 Å². The van der Waals surface area contributed by atoms with Crippen molar-refractivity contribution in [2.75, 3.05) is 6.54 Å². The van der Waals surface area contributed by atoms with Crippen molar-refractivity contribution in [2.24, 2.45) is 0 Å². The summed E-state index contributed by atoms with van der Waals surface area (Å²) in [6.45, 7) is 0.888. The van der Waals surface area contributed by atoms with Crippen LogP contribution in [0.15, 0.2) is 0 Å². The Morgan fingerprint density at radius 3 is 2.33 bits per heavy atom. The van der Waals surface area contributed by atoms with Crippen LogP contribution in [-0.2, 0) is 4.79 Å². The minimum absolute atomic E-state index is 0.225. The predicted molar refractivity (Wildman–Crippen MR) is 45.1 cm³/mol. The third kappa shape index (κ3) is 9.78. The van der Waals surface area contributed by atoms with Gasteiger partial charge in [-0.05, 0) is 12.8 Å². The number of nitrogens with one attached hydrogen (secondary N) is 1. The Bertz CT molecular complexity index is 118. The molecular formula is C6H14NO4P. The van der Waals surface area contributed by atoms with Crippen LogP contribution in [0.4, 0.5) is 0 Å². The smallest absolute Gasteiger partial charge is 0.324 e. The molecule has 1 saturated heterocycles. The maximum Gasteiger partial charge on any atom is 0.324 e. The molecule has 0 aromatic carbocycles. The molecule has 0 saturated carbocycles. The zero-order valence-corrected chi connectivity index (χ0v) is 7.63. The minimum atomic E-state index is -2.62. The molecule has 1 aliphatic heterocycles. The van der Waals surface area contributed by atoms with Crippen molar-refractivity contribution in [1.82, 2.24) is 5.32 Å². The van der Waals surface area contributed by atoms with Gasteiger partial charge in [0.2, 0.25) is 5.91 Å². The largest absolute Gasteiger partial charge is 0.356 e. The standard InChI is InChI=1S/C6H11NO.H3O3P/c8-6-4-2-1-3-5-7-6;1-4(2)3/h1-5H2,(H,7,8);1-3H. The Hall–Kier alpha value is -0.220. The second-order valence-corrected chi connectivity index (χ2v) is 2.97. The van der Waals surface area contributed by atoms with Gasteiger partial charge in [-0.15, -0.1) is 0 Å². The van der Waals surface area contributed by atoms with Crippen molar-refractivity contribution in [3.8, 4) is 0 Å². The summed E-state index contributed by atoms with van der Waals surface area (Å²) < 4.78 is 0. The summed E-state index contributed by atoms with van der Waals surface area (Å²) in [5, 5.41) is 2.81. The second kappa shape index (κ2) is 7.43. The highest BCUT2D eigenvalue weighted by atomic mass is 31.2. The Morgan fingerprint density at radius 2 is 1.75 bits per heavy atom. The zero-order valence-electron chi connectivity index (χ0n) is 6.73.